The fourth-order valence-electron chi connectivity index (χ4n) is 4.10. The molecule has 0 saturated carbocycles. The van der Waals surface area contributed by atoms with Crippen LogP contribution in [0.2, 0.25) is 0 Å². The van der Waals surface area contributed by atoms with Crippen LogP contribution in [0.5, 0.6) is 0 Å². The zero-order chi connectivity index (χ0) is 17.8. The number of hydrogen-bond acceptors (Lipinski definition) is 5. The normalized spacial score (nSPS) is 18.8. The lowest BCUT2D eigenvalue weighted by Crippen LogP contribution is -2.33. The van der Waals surface area contributed by atoms with Gasteiger partial charge in [0, 0.05) is 12.4 Å². The van der Waals surface area contributed by atoms with Gasteiger partial charge in [-0.2, -0.15) is 0 Å². The second-order valence-electron chi connectivity index (χ2n) is 7.25. The van der Waals surface area contributed by atoms with Crippen molar-refractivity contribution in [2.24, 2.45) is 5.73 Å². The van der Waals surface area contributed by atoms with E-state index in [-0.39, 0.29) is 0 Å². The number of aryl methyl sites for hydroxylation is 2. The fourth-order valence-corrected chi connectivity index (χ4v) is 4.10. The number of fused-ring (bicyclic) bond motifs is 2. The van der Waals surface area contributed by atoms with Gasteiger partial charge in [-0.25, -0.2) is 4.98 Å². The van der Waals surface area contributed by atoms with Crippen molar-refractivity contribution in [3.05, 3.63) is 47.1 Å². The summed E-state index contributed by atoms with van der Waals surface area (Å²) in [6, 6.07) is 0.322. The van der Waals surface area contributed by atoms with Crippen LogP contribution < -0.4 is 5.73 Å². The molecule has 0 radical (unpaired) electrons. The summed E-state index contributed by atoms with van der Waals surface area (Å²) in [5, 5.41) is 0. The van der Waals surface area contributed by atoms with E-state index in [1.54, 1.807) is 0 Å². The number of rotatable bonds is 7. The standard InChI is InChI=1S/C20H28N6/c21-10-3-4-13-26(14-19-24-15-6-1-2-7-16(15)25-19)18-9-5-8-17-20(18)23-12-11-22-17/h1,6,11-12,18H,2-5,7-10,13-14,21H2,(H,24,25). The molecular formula is C20H28N6. The smallest absolute Gasteiger partial charge is 0.121 e. The first kappa shape index (κ1) is 17.4. The Morgan fingerprint density at radius 1 is 1.15 bits per heavy atom. The van der Waals surface area contributed by atoms with Crippen LogP contribution >= 0.6 is 0 Å². The second-order valence-corrected chi connectivity index (χ2v) is 7.25. The first-order valence-corrected chi connectivity index (χ1v) is 9.83. The summed E-state index contributed by atoms with van der Waals surface area (Å²) < 4.78 is 0. The van der Waals surface area contributed by atoms with E-state index in [1.165, 1.54) is 17.8 Å². The third kappa shape index (κ3) is 3.71. The summed E-state index contributed by atoms with van der Waals surface area (Å²) in [7, 11) is 0. The van der Waals surface area contributed by atoms with Gasteiger partial charge in [-0.15, -0.1) is 0 Å². The molecule has 2 aromatic heterocycles. The van der Waals surface area contributed by atoms with Crippen LogP contribution in [0.1, 0.15) is 66.7 Å². The van der Waals surface area contributed by atoms with Crippen molar-refractivity contribution in [3.63, 3.8) is 0 Å². The summed E-state index contributed by atoms with van der Waals surface area (Å²) in [4.78, 5) is 20.2. The molecule has 1 unspecified atom stereocenters. The molecule has 0 spiro atoms. The van der Waals surface area contributed by atoms with Crippen molar-refractivity contribution in [3.8, 4) is 0 Å². The lowest BCUT2D eigenvalue weighted by molar-refractivity contribution is 0.158. The molecule has 138 valence electrons. The number of aromatic amines is 1. The zero-order valence-corrected chi connectivity index (χ0v) is 15.3. The number of nitrogens with two attached hydrogens (primary N) is 1. The summed E-state index contributed by atoms with van der Waals surface area (Å²) >= 11 is 0. The minimum Gasteiger partial charge on any atom is -0.341 e. The molecule has 0 aromatic carbocycles. The molecule has 0 aliphatic heterocycles. The highest BCUT2D eigenvalue weighted by molar-refractivity contribution is 5.50. The Labute approximate surface area is 154 Å². The molecule has 26 heavy (non-hydrogen) atoms. The predicted molar refractivity (Wildman–Crippen MR) is 102 cm³/mol. The van der Waals surface area contributed by atoms with E-state index in [1.807, 2.05) is 12.4 Å². The first-order valence-electron chi connectivity index (χ1n) is 9.83. The van der Waals surface area contributed by atoms with Crippen molar-refractivity contribution in [1.29, 1.82) is 0 Å². The van der Waals surface area contributed by atoms with E-state index >= 15 is 0 Å². The first-order chi connectivity index (χ1) is 12.8. The number of hydrogen-bond donors (Lipinski definition) is 2. The van der Waals surface area contributed by atoms with Gasteiger partial charge in [-0.05, 0) is 64.1 Å². The highest BCUT2D eigenvalue weighted by atomic mass is 15.2. The maximum atomic E-state index is 5.72. The van der Waals surface area contributed by atoms with Gasteiger partial charge < -0.3 is 10.7 Å². The van der Waals surface area contributed by atoms with Crippen LogP contribution in [0.4, 0.5) is 0 Å². The minimum absolute atomic E-state index is 0.322. The SMILES string of the molecule is NCCCCN(Cc1nc2c([nH]1)C=CCC2)C1CCCc2nccnc21. The van der Waals surface area contributed by atoms with Gasteiger partial charge >= 0.3 is 0 Å². The van der Waals surface area contributed by atoms with Crippen LogP contribution in [0, 0.1) is 0 Å². The van der Waals surface area contributed by atoms with Gasteiger partial charge in [-0.3, -0.25) is 14.9 Å². The second kappa shape index (κ2) is 8.10. The topological polar surface area (TPSA) is 83.7 Å². The van der Waals surface area contributed by atoms with Crippen molar-refractivity contribution < 1.29 is 0 Å². The van der Waals surface area contributed by atoms with Crippen LogP contribution in [0.25, 0.3) is 6.08 Å². The molecule has 3 N–H and O–H groups in total. The van der Waals surface area contributed by atoms with E-state index in [4.69, 9.17) is 10.7 Å². The summed E-state index contributed by atoms with van der Waals surface area (Å²) in [5.74, 6) is 1.06. The van der Waals surface area contributed by atoms with E-state index < -0.39 is 0 Å². The molecule has 6 nitrogen and oxygen atoms in total. The number of unbranched alkanes of at least 4 members (excludes halogenated alkanes) is 1. The quantitative estimate of drug-likeness (QED) is 0.749. The van der Waals surface area contributed by atoms with Crippen LogP contribution in [-0.4, -0.2) is 37.9 Å². The Kier molecular flexibility index (Phi) is 5.41. The summed E-state index contributed by atoms with van der Waals surface area (Å²) in [6.45, 7) is 2.58. The Morgan fingerprint density at radius 3 is 2.96 bits per heavy atom. The molecule has 0 amide bonds. The van der Waals surface area contributed by atoms with Gasteiger partial charge in [0.2, 0.25) is 0 Å². The van der Waals surface area contributed by atoms with E-state index in [0.29, 0.717) is 6.04 Å². The van der Waals surface area contributed by atoms with Crippen molar-refractivity contribution in [1.82, 2.24) is 24.8 Å². The average Bonchev–Trinajstić information content (AvgIpc) is 3.09. The summed E-state index contributed by atoms with van der Waals surface area (Å²) in [5.41, 5.74) is 10.4. The molecule has 0 bridgehead atoms. The fraction of sp³-hybridized carbons (Fsp3) is 0.550. The van der Waals surface area contributed by atoms with Crippen LogP contribution in [0.3, 0.4) is 0 Å². The lowest BCUT2D eigenvalue weighted by atomic mass is 9.94. The summed E-state index contributed by atoms with van der Waals surface area (Å²) in [6.07, 6.45) is 15.6. The Balaban J connectivity index is 1.56. The van der Waals surface area contributed by atoms with Crippen LogP contribution in [-0.2, 0) is 19.4 Å². The maximum absolute atomic E-state index is 5.72. The van der Waals surface area contributed by atoms with Crippen molar-refractivity contribution >= 4 is 6.08 Å². The number of aromatic nitrogens is 4. The van der Waals surface area contributed by atoms with E-state index in [0.717, 1.165) is 75.4 Å². The number of allylic oxidation sites excluding steroid dienone is 1. The highest BCUT2D eigenvalue weighted by Gasteiger charge is 2.28. The third-order valence-electron chi connectivity index (χ3n) is 5.40. The zero-order valence-electron chi connectivity index (χ0n) is 15.3. The number of H-pyrrole nitrogens is 1. The largest absolute Gasteiger partial charge is 0.341 e. The molecular weight excluding hydrogens is 324 g/mol. The number of nitrogens with one attached hydrogen (secondary N) is 1. The van der Waals surface area contributed by atoms with E-state index in [2.05, 4.69) is 32.0 Å². The predicted octanol–water partition coefficient (Wildman–Crippen LogP) is 2.78. The molecule has 6 heteroatoms. The van der Waals surface area contributed by atoms with Gasteiger partial charge in [0.15, 0.2) is 0 Å². The molecule has 0 saturated heterocycles. The molecule has 1 atom stereocenters. The highest BCUT2D eigenvalue weighted by Crippen LogP contribution is 2.33. The van der Waals surface area contributed by atoms with Crippen LogP contribution in [0.15, 0.2) is 18.5 Å². The van der Waals surface area contributed by atoms with Crippen molar-refractivity contribution in [2.45, 2.75) is 57.5 Å². The average molecular weight is 352 g/mol. The Bertz CT molecular complexity index is 765. The van der Waals surface area contributed by atoms with Gasteiger partial charge in [0.25, 0.3) is 0 Å². The Morgan fingerprint density at radius 2 is 2.08 bits per heavy atom. The maximum Gasteiger partial charge on any atom is 0.121 e. The molecule has 2 heterocycles. The van der Waals surface area contributed by atoms with Gasteiger partial charge in [-0.1, -0.05) is 6.08 Å². The van der Waals surface area contributed by atoms with E-state index in [9.17, 15) is 0 Å². The number of imidazole rings is 1. The third-order valence-corrected chi connectivity index (χ3v) is 5.40. The molecule has 0 fully saturated rings. The monoisotopic (exact) mass is 352 g/mol. The minimum atomic E-state index is 0.322. The Hall–Kier alpha value is -2.05. The molecule has 4 rings (SSSR count). The molecule has 2 aromatic rings. The van der Waals surface area contributed by atoms with Gasteiger partial charge in [0.05, 0.1) is 35.4 Å². The molecule has 2 aliphatic carbocycles. The lowest BCUT2D eigenvalue weighted by Gasteiger charge is -2.34. The van der Waals surface area contributed by atoms with Crippen molar-refractivity contribution in [2.75, 3.05) is 13.1 Å². The number of nitrogens with zero attached hydrogens (tertiary/aromatic N) is 4. The van der Waals surface area contributed by atoms with Gasteiger partial charge in [0.1, 0.15) is 5.82 Å². The molecule has 2 aliphatic rings.